The van der Waals surface area contributed by atoms with Crippen LogP contribution in [-0.4, -0.2) is 30.1 Å². The molecule has 2 aliphatic rings. The summed E-state index contributed by atoms with van der Waals surface area (Å²) < 4.78 is 5.41. The van der Waals surface area contributed by atoms with Crippen molar-refractivity contribution in [3.05, 3.63) is 17.2 Å². The first kappa shape index (κ1) is 12.9. The van der Waals surface area contributed by atoms with Crippen molar-refractivity contribution in [2.45, 2.75) is 18.9 Å². The summed E-state index contributed by atoms with van der Waals surface area (Å²) in [6.45, 7) is 0.0636. The van der Waals surface area contributed by atoms with Crippen molar-refractivity contribution in [2.24, 2.45) is 0 Å². The zero-order chi connectivity index (χ0) is 13.2. The van der Waals surface area contributed by atoms with E-state index in [9.17, 15) is 4.79 Å². The summed E-state index contributed by atoms with van der Waals surface area (Å²) in [5, 5.41) is 6.84. The molecule has 19 heavy (non-hydrogen) atoms. The summed E-state index contributed by atoms with van der Waals surface area (Å²) in [5.41, 5.74) is 1.53. The Hall–Kier alpha value is -1.07. The number of halogens is 1. The van der Waals surface area contributed by atoms with Crippen LogP contribution in [0.15, 0.2) is 12.1 Å². The Bertz CT molecular complexity index is 504. The molecule has 2 heterocycles. The monoisotopic (exact) mass is 298 g/mol. The summed E-state index contributed by atoms with van der Waals surface area (Å²) in [4.78, 5) is 11.2. The average molecular weight is 299 g/mol. The van der Waals surface area contributed by atoms with E-state index >= 15 is 0 Å². The fourth-order valence-corrected chi connectivity index (χ4v) is 3.60. The van der Waals surface area contributed by atoms with Crippen molar-refractivity contribution in [1.82, 2.24) is 0 Å². The van der Waals surface area contributed by atoms with Gasteiger partial charge in [0.05, 0.1) is 16.4 Å². The third-order valence-corrected chi connectivity index (χ3v) is 4.64. The Kier molecular flexibility index (Phi) is 3.75. The van der Waals surface area contributed by atoms with Gasteiger partial charge >= 0.3 is 0 Å². The van der Waals surface area contributed by atoms with Gasteiger partial charge < -0.3 is 15.4 Å². The molecular weight excluding hydrogens is 284 g/mol. The van der Waals surface area contributed by atoms with Gasteiger partial charge in [-0.25, -0.2) is 0 Å². The van der Waals surface area contributed by atoms with Crippen LogP contribution in [-0.2, 0) is 4.79 Å². The number of carbonyl (C=O) groups excluding carboxylic acids is 1. The molecule has 0 unspecified atom stereocenters. The third kappa shape index (κ3) is 2.92. The predicted octanol–water partition coefficient (Wildman–Crippen LogP) is 2.98. The zero-order valence-corrected chi connectivity index (χ0v) is 11.9. The van der Waals surface area contributed by atoms with Crippen LogP contribution in [0.2, 0.25) is 5.02 Å². The molecule has 1 amide bonds. The minimum absolute atomic E-state index is 0.0636. The average Bonchev–Trinajstić information content (AvgIpc) is 2.41. The molecule has 3 rings (SSSR count). The van der Waals surface area contributed by atoms with Crippen molar-refractivity contribution in [2.75, 3.05) is 28.7 Å². The van der Waals surface area contributed by atoms with Gasteiger partial charge in [0.2, 0.25) is 0 Å². The Morgan fingerprint density at radius 1 is 1.37 bits per heavy atom. The molecule has 0 atom stereocenters. The second-order valence-electron chi connectivity index (χ2n) is 4.70. The molecule has 0 aromatic heterocycles. The maximum Gasteiger partial charge on any atom is 0.262 e. The third-order valence-electron chi connectivity index (χ3n) is 3.28. The number of ether oxygens (including phenoxy) is 1. The van der Waals surface area contributed by atoms with Crippen LogP contribution in [0, 0.1) is 0 Å². The highest BCUT2D eigenvalue weighted by Gasteiger charge is 2.20. The Morgan fingerprint density at radius 3 is 2.95 bits per heavy atom. The van der Waals surface area contributed by atoms with E-state index in [0.717, 1.165) is 18.5 Å². The number of benzene rings is 1. The maximum atomic E-state index is 11.2. The van der Waals surface area contributed by atoms with Crippen molar-refractivity contribution in [1.29, 1.82) is 0 Å². The lowest BCUT2D eigenvalue weighted by molar-refractivity contribution is -0.118. The molecule has 2 N–H and O–H groups in total. The number of amides is 1. The van der Waals surface area contributed by atoms with Crippen molar-refractivity contribution >= 4 is 40.6 Å². The molecule has 1 saturated heterocycles. The predicted molar refractivity (Wildman–Crippen MR) is 79.5 cm³/mol. The van der Waals surface area contributed by atoms with Gasteiger partial charge in [-0.2, -0.15) is 11.8 Å². The molecule has 0 saturated carbocycles. The van der Waals surface area contributed by atoms with Gasteiger partial charge in [0, 0.05) is 12.1 Å². The lowest BCUT2D eigenvalue weighted by Gasteiger charge is -2.25. The topological polar surface area (TPSA) is 50.4 Å². The lowest BCUT2D eigenvalue weighted by atomic mass is 10.1. The highest BCUT2D eigenvalue weighted by Crippen LogP contribution is 2.37. The molecule has 1 aromatic rings. The highest BCUT2D eigenvalue weighted by atomic mass is 35.5. The minimum atomic E-state index is -0.145. The van der Waals surface area contributed by atoms with E-state index in [1.807, 2.05) is 17.8 Å². The Labute approximate surface area is 121 Å². The van der Waals surface area contributed by atoms with Crippen LogP contribution in [0.3, 0.4) is 0 Å². The zero-order valence-electron chi connectivity index (χ0n) is 10.4. The van der Waals surface area contributed by atoms with Crippen molar-refractivity contribution in [3.8, 4) is 5.75 Å². The first-order chi connectivity index (χ1) is 9.22. The van der Waals surface area contributed by atoms with Crippen molar-refractivity contribution in [3.63, 3.8) is 0 Å². The van der Waals surface area contributed by atoms with E-state index in [0.29, 0.717) is 22.5 Å². The molecule has 4 nitrogen and oxygen atoms in total. The molecule has 0 aliphatic carbocycles. The quantitative estimate of drug-likeness (QED) is 0.881. The molecule has 102 valence electrons. The van der Waals surface area contributed by atoms with Gasteiger partial charge in [0.15, 0.2) is 6.61 Å². The van der Waals surface area contributed by atoms with Gasteiger partial charge in [-0.05, 0) is 30.4 Å². The summed E-state index contributed by atoms with van der Waals surface area (Å²) in [5.74, 6) is 2.91. The van der Waals surface area contributed by atoms with Gasteiger partial charge in [0.1, 0.15) is 5.75 Å². The van der Waals surface area contributed by atoms with E-state index < -0.39 is 0 Å². The lowest BCUT2D eigenvalue weighted by Crippen LogP contribution is -2.27. The summed E-state index contributed by atoms with van der Waals surface area (Å²) >= 11 is 8.24. The molecule has 0 spiro atoms. The summed E-state index contributed by atoms with van der Waals surface area (Å²) in [7, 11) is 0. The van der Waals surface area contributed by atoms with Gasteiger partial charge in [-0.1, -0.05) is 11.6 Å². The van der Waals surface area contributed by atoms with E-state index in [1.165, 1.54) is 11.5 Å². The Morgan fingerprint density at radius 2 is 2.16 bits per heavy atom. The first-order valence-electron chi connectivity index (χ1n) is 6.33. The molecule has 0 bridgehead atoms. The van der Waals surface area contributed by atoms with Crippen LogP contribution in [0.4, 0.5) is 11.4 Å². The van der Waals surface area contributed by atoms with E-state index in [4.69, 9.17) is 16.3 Å². The van der Waals surface area contributed by atoms with Crippen LogP contribution >= 0.6 is 23.4 Å². The van der Waals surface area contributed by atoms with Crippen LogP contribution in [0.5, 0.6) is 5.75 Å². The SMILES string of the molecule is O=C1COc2cc(NC3CCSCC3)c(Cl)cc2N1. The highest BCUT2D eigenvalue weighted by molar-refractivity contribution is 7.99. The molecule has 1 fully saturated rings. The van der Waals surface area contributed by atoms with Gasteiger partial charge in [0.25, 0.3) is 5.91 Å². The molecular formula is C13H15ClN2O2S. The minimum Gasteiger partial charge on any atom is -0.482 e. The molecule has 0 radical (unpaired) electrons. The number of hydrogen-bond donors (Lipinski definition) is 2. The van der Waals surface area contributed by atoms with Gasteiger partial charge in [-0.3, -0.25) is 4.79 Å². The fourth-order valence-electron chi connectivity index (χ4n) is 2.27. The second-order valence-corrected chi connectivity index (χ2v) is 6.33. The number of rotatable bonds is 2. The normalized spacial score (nSPS) is 19.3. The fraction of sp³-hybridized carbons (Fsp3) is 0.462. The number of nitrogens with one attached hydrogen (secondary N) is 2. The standard InChI is InChI=1S/C13H15ClN2O2S/c14-9-5-11-12(18-7-13(17)16-11)6-10(9)15-8-1-3-19-4-2-8/h5-6,8,15H,1-4,7H2,(H,16,17). The summed E-state index contributed by atoms with van der Waals surface area (Å²) in [6, 6.07) is 4.09. The number of thioether (sulfide) groups is 1. The van der Waals surface area contributed by atoms with E-state index in [2.05, 4.69) is 10.6 Å². The number of hydrogen-bond acceptors (Lipinski definition) is 4. The van der Waals surface area contributed by atoms with Crippen LogP contribution in [0.1, 0.15) is 12.8 Å². The maximum absolute atomic E-state index is 11.2. The van der Waals surface area contributed by atoms with Gasteiger partial charge in [-0.15, -0.1) is 0 Å². The largest absolute Gasteiger partial charge is 0.482 e. The molecule has 2 aliphatic heterocycles. The Balaban J connectivity index is 1.80. The number of anilines is 2. The molecule has 6 heteroatoms. The van der Waals surface area contributed by atoms with E-state index in [-0.39, 0.29) is 12.5 Å². The number of fused-ring (bicyclic) bond motifs is 1. The van der Waals surface area contributed by atoms with E-state index in [1.54, 1.807) is 6.07 Å². The summed E-state index contributed by atoms with van der Waals surface area (Å²) in [6.07, 6.45) is 2.30. The second kappa shape index (κ2) is 5.51. The molecule has 1 aromatic carbocycles. The first-order valence-corrected chi connectivity index (χ1v) is 7.86. The van der Waals surface area contributed by atoms with Crippen molar-refractivity contribution < 1.29 is 9.53 Å². The smallest absolute Gasteiger partial charge is 0.262 e. The van der Waals surface area contributed by atoms with Crippen LogP contribution < -0.4 is 15.4 Å². The number of carbonyl (C=O) groups is 1. The van der Waals surface area contributed by atoms with Crippen LogP contribution in [0.25, 0.3) is 0 Å².